The second-order valence-corrected chi connectivity index (χ2v) is 9.23. The van der Waals surface area contributed by atoms with Gasteiger partial charge in [0.1, 0.15) is 18.5 Å². The van der Waals surface area contributed by atoms with Crippen LogP contribution in [0.1, 0.15) is 32.8 Å². The molecule has 4 atom stereocenters. The fourth-order valence-corrected chi connectivity index (χ4v) is 3.94. The van der Waals surface area contributed by atoms with Crippen LogP contribution in [0.3, 0.4) is 0 Å². The number of carbonyl (C=O) groups excluding carboxylic acids is 3. The minimum atomic E-state index is -1.03. The molecule has 1 fully saturated rings. The lowest BCUT2D eigenvalue weighted by Crippen LogP contribution is -2.48. The Labute approximate surface area is 211 Å². The molecule has 0 bridgehead atoms. The van der Waals surface area contributed by atoms with Crippen molar-refractivity contribution in [2.45, 2.75) is 52.0 Å². The summed E-state index contributed by atoms with van der Waals surface area (Å²) in [5.74, 6) is -1.20. The van der Waals surface area contributed by atoms with E-state index in [0.717, 1.165) is 10.5 Å². The van der Waals surface area contributed by atoms with Crippen molar-refractivity contribution in [3.63, 3.8) is 0 Å². The van der Waals surface area contributed by atoms with E-state index < -0.39 is 30.1 Å². The van der Waals surface area contributed by atoms with Gasteiger partial charge in [-0.3, -0.25) is 9.59 Å². The first-order chi connectivity index (χ1) is 17.3. The van der Waals surface area contributed by atoms with Crippen LogP contribution in [0.4, 0.5) is 4.79 Å². The number of carbonyl (C=O) groups is 3. The van der Waals surface area contributed by atoms with Gasteiger partial charge in [0.15, 0.2) is 11.9 Å². The number of cyclic esters (lactones) is 1. The summed E-state index contributed by atoms with van der Waals surface area (Å²) in [4.78, 5) is 38.8. The van der Waals surface area contributed by atoms with Gasteiger partial charge in [-0.25, -0.2) is 9.69 Å². The molecule has 36 heavy (non-hydrogen) atoms. The van der Waals surface area contributed by atoms with Crippen LogP contribution in [0.2, 0.25) is 0 Å². The maximum absolute atomic E-state index is 13.1. The normalized spacial score (nSPS) is 22.6. The van der Waals surface area contributed by atoms with E-state index in [0.29, 0.717) is 25.4 Å². The Balaban J connectivity index is 1.47. The van der Waals surface area contributed by atoms with Crippen molar-refractivity contribution in [3.05, 3.63) is 59.9 Å². The van der Waals surface area contributed by atoms with Crippen LogP contribution < -0.4 is 0 Å². The summed E-state index contributed by atoms with van der Waals surface area (Å²) in [6.07, 6.45) is 3.04. The number of nitrogens with zero attached hydrogens (tertiary/aromatic N) is 1. The molecule has 2 amide bonds. The zero-order chi connectivity index (χ0) is 26.1. The highest BCUT2D eigenvalue weighted by molar-refractivity contribution is 6.01. The topological polar surface area (TPSA) is 112 Å². The lowest BCUT2D eigenvalue weighted by Gasteiger charge is -2.30. The van der Waals surface area contributed by atoms with E-state index >= 15 is 0 Å². The Hall–Kier alpha value is -3.01. The maximum atomic E-state index is 13.1. The van der Waals surface area contributed by atoms with Crippen LogP contribution in [-0.2, 0) is 35.1 Å². The van der Waals surface area contributed by atoms with Gasteiger partial charge in [-0.15, -0.1) is 0 Å². The second-order valence-electron chi connectivity index (χ2n) is 9.23. The molecule has 0 aromatic heterocycles. The second kappa shape index (κ2) is 13.3. The highest BCUT2D eigenvalue weighted by Crippen LogP contribution is 2.26. The van der Waals surface area contributed by atoms with Gasteiger partial charge in [-0.2, -0.15) is 0 Å². The Morgan fingerprint density at radius 2 is 1.94 bits per heavy atom. The van der Waals surface area contributed by atoms with Gasteiger partial charge in [0.2, 0.25) is 5.91 Å². The molecule has 1 aromatic carbocycles. The average molecular weight is 502 g/mol. The molecule has 2 aliphatic heterocycles. The quantitative estimate of drug-likeness (QED) is 0.435. The molecular weight excluding hydrogens is 466 g/mol. The lowest BCUT2D eigenvalue weighted by atomic mass is 9.95. The highest BCUT2D eigenvalue weighted by Gasteiger charge is 2.44. The maximum Gasteiger partial charge on any atom is 0.416 e. The number of ketones is 1. The molecule has 0 radical (unpaired) electrons. The number of ether oxygens (including phenoxy) is 4. The zero-order valence-electron chi connectivity index (χ0n) is 21.0. The minimum absolute atomic E-state index is 0.0279. The first-order valence-electron chi connectivity index (χ1n) is 12.2. The zero-order valence-corrected chi connectivity index (χ0v) is 21.0. The molecule has 1 saturated heterocycles. The Morgan fingerprint density at radius 1 is 1.19 bits per heavy atom. The third-order valence-electron chi connectivity index (χ3n) is 6.16. The minimum Gasteiger partial charge on any atom is -0.482 e. The predicted molar refractivity (Wildman–Crippen MR) is 131 cm³/mol. The molecule has 0 aliphatic carbocycles. The van der Waals surface area contributed by atoms with Crippen LogP contribution in [0.5, 0.6) is 0 Å². The number of allylic oxidation sites excluding steroid dienone is 1. The van der Waals surface area contributed by atoms with Gasteiger partial charge in [0.25, 0.3) is 0 Å². The van der Waals surface area contributed by atoms with Crippen molar-refractivity contribution in [2.24, 2.45) is 11.8 Å². The number of rotatable bonds is 12. The molecule has 2 aliphatic rings. The third kappa shape index (κ3) is 7.25. The van der Waals surface area contributed by atoms with Crippen LogP contribution in [0.25, 0.3) is 0 Å². The van der Waals surface area contributed by atoms with Crippen molar-refractivity contribution in [1.29, 1.82) is 0 Å². The molecule has 9 heteroatoms. The van der Waals surface area contributed by atoms with E-state index in [1.165, 1.54) is 6.08 Å². The number of hydrogen-bond acceptors (Lipinski definition) is 8. The number of amides is 2. The van der Waals surface area contributed by atoms with Gasteiger partial charge in [0.05, 0.1) is 38.4 Å². The fraction of sp³-hybridized carbons (Fsp3) is 0.519. The van der Waals surface area contributed by atoms with E-state index in [-0.39, 0.29) is 37.6 Å². The monoisotopic (exact) mass is 501 g/mol. The van der Waals surface area contributed by atoms with E-state index in [2.05, 4.69) is 0 Å². The molecule has 0 spiro atoms. The molecule has 9 nitrogen and oxygen atoms in total. The highest BCUT2D eigenvalue weighted by atomic mass is 16.6. The molecule has 3 rings (SSSR count). The lowest BCUT2D eigenvalue weighted by molar-refractivity contribution is -0.143. The smallest absolute Gasteiger partial charge is 0.416 e. The van der Waals surface area contributed by atoms with Gasteiger partial charge >= 0.3 is 6.09 Å². The molecule has 1 N–H and O–H groups in total. The number of imide groups is 1. The summed E-state index contributed by atoms with van der Waals surface area (Å²) in [7, 11) is 0. The van der Waals surface area contributed by atoms with E-state index in [4.69, 9.17) is 18.9 Å². The van der Waals surface area contributed by atoms with E-state index in [1.807, 2.05) is 44.2 Å². The van der Waals surface area contributed by atoms with Crippen LogP contribution >= 0.6 is 0 Å². The van der Waals surface area contributed by atoms with Gasteiger partial charge in [-0.05, 0) is 43.1 Å². The molecule has 1 aromatic rings. The van der Waals surface area contributed by atoms with Gasteiger partial charge in [-0.1, -0.05) is 44.2 Å². The number of aliphatic hydroxyl groups excluding tert-OH is 1. The molecule has 4 unspecified atom stereocenters. The SMILES string of the molecule is CC(C)C1COC(=O)N1C(=O)C(C)C1OC(=CCCOCC(CO)OCc2ccccc2)C=CC1=O. The summed E-state index contributed by atoms with van der Waals surface area (Å²) in [6, 6.07) is 9.31. The standard InChI is InChI=1S/C27H35NO8/c1-18(2)23-17-35-27(32)28(23)26(31)19(3)25-24(30)12-11-21(36-25)10-7-13-33-16-22(14-29)34-15-20-8-5-4-6-9-20/h4-6,8-12,18-19,22-23,25,29H,7,13-17H2,1-3H3. The number of aliphatic hydroxyl groups is 1. The fourth-order valence-electron chi connectivity index (χ4n) is 3.94. The number of hydrogen-bond donors (Lipinski definition) is 1. The van der Waals surface area contributed by atoms with Gasteiger partial charge < -0.3 is 24.1 Å². The van der Waals surface area contributed by atoms with Crippen LogP contribution in [0.15, 0.2) is 54.3 Å². The predicted octanol–water partition coefficient (Wildman–Crippen LogP) is 3.02. The third-order valence-corrected chi connectivity index (χ3v) is 6.16. The van der Waals surface area contributed by atoms with Crippen molar-refractivity contribution >= 4 is 17.8 Å². The first kappa shape index (κ1) is 27.6. The summed E-state index contributed by atoms with van der Waals surface area (Å²) in [5.41, 5.74) is 1.01. The van der Waals surface area contributed by atoms with E-state index in [1.54, 1.807) is 19.1 Å². The van der Waals surface area contributed by atoms with E-state index in [9.17, 15) is 19.5 Å². The van der Waals surface area contributed by atoms with Crippen molar-refractivity contribution in [1.82, 2.24) is 4.90 Å². The Bertz CT molecular complexity index is 958. The van der Waals surface area contributed by atoms with Gasteiger partial charge in [0, 0.05) is 0 Å². The van der Waals surface area contributed by atoms with Crippen molar-refractivity contribution in [2.75, 3.05) is 26.4 Å². The van der Waals surface area contributed by atoms with Crippen LogP contribution in [0, 0.1) is 11.8 Å². The summed E-state index contributed by atoms with van der Waals surface area (Å²) in [6.45, 7) is 6.36. The summed E-state index contributed by atoms with van der Waals surface area (Å²) >= 11 is 0. The van der Waals surface area contributed by atoms with Crippen LogP contribution in [-0.4, -0.2) is 72.5 Å². The average Bonchev–Trinajstić information content (AvgIpc) is 3.28. The molecule has 0 saturated carbocycles. The Kier molecular flexibility index (Phi) is 10.2. The first-order valence-corrected chi connectivity index (χ1v) is 12.2. The largest absolute Gasteiger partial charge is 0.482 e. The number of benzene rings is 1. The Morgan fingerprint density at radius 3 is 2.64 bits per heavy atom. The summed E-state index contributed by atoms with van der Waals surface area (Å²) < 4.78 is 22.2. The van der Waals surface area contributed by atoms with Crippen molar-refractivity contribution < 1.29 is 38.4 Å². The molecular formula is C27H35NO8. The molecule has 2 heterocycles. The van der Waals surface area contributed by atoms with Crippen molar-refractivity contribution in [3.8, 4) is 0 Å². The summed E-state index contributed by atoms with van der Waals surface area (Å²) in [5, 5.41) is 9.52. The molecule has 196 valence electrons.